The maximum Gasteiger partial charge on any atom is 0.262 e. The minimum absolute atomic E-state index is 0.0566. The number of amides is 1. The van der Waals surface area contributed by atoms with Crippen LogP contribution in [0.2, 0.25) is 0 Å². The summed E-state index contributed by atoms with van der Waals surface area (Å²) in [6.45, 7) is 4.11. The van der Waals surface area contributed by atoms with Gasteiger partial charge < -0.3 is 14.8 Å². The number of hydrogen-bond acceptors (Lipinski definition) is 5. The molecular formula is C24H26N2O5S. The smallest absolute Gasteiger partial charge is 0.262 e. The van der Waals surface area contributed by atoms with Gasteiger partial charge >= 0.3 is 0 Å². The summed E-state index contributed by atoms with van der Waals surface area (Å²) in [5.41, 5.74) is 2.20. The van der Waals surface area contributed by atoms with E-state index < -0.39 is 10.0 Å². The molecule has 0 aliphatic heterocycles. The van der Waals surface area contributed by atoms with Crippen LogP contribution in [0.5, 0.6) is 11.5 Å². The Morgan fingerprint density at radius 3 is 2.34 bits per heavy atom. The second kappa shape index (κ2) is 10.2. The predicted molar refractivity (Wildman–Crippen MR) is 124 cm³/mol. The fourth-order valence-corrected chi connectivity index (χ4v) is 4.38. The summed E-state index contributed by atoms with van der Waals surface area (Å²) in [6.07, 6.45) is 0. The SMILES string of the molecule is COc1ccc(OCCNC(=O)c2ccc(C)c(S(=O)(=O)Nc3cccc(C)c3)c2)cc1. The van der Waals surface area contributed by atoms with Crippen molar-refractivity contribution >= 4 is 21.6 Å². The number of anilines is 1. The standard InChI is InChI=1S/C24H26N2O5S/c1-17-5-4-6-20(15-17)26-32(28,29)23-16-19(8-7-18(23)2)24(27)25-13-14-31-22-11-9-21(30-3)10-12-22/h4-12,15-16,26H,13-14H2,1-3H3,(H,25,27). The van der Waals surface area contributed by atoms with Crippen LogP contribution < -0.4 is 19.5 Å². The molecule has 0 radical (unpaired) electrons. The molecule has 3 rings (SSSR count). The lowest BCUT2D eigenvalue weighted by atomic mass is 10.1. The normalized spacial score (nSPS) is 11.0. The minimum Gasteiger partial charge on any atom is -0.497 e. The molecule has 0 unspecified atom stereocenters. The van der Waals surface area contributed by atoms with Gasteiger partial charge in [0.2, 0.25) is 0 Å². The zero-order chi connectivity index (χ0) is 23.1. The molecule has 0 aliphatic carbocycles. The number of methoxy groups -OCH3 is 1. The Bertz CT molecular complexity index is 1190. The van der Waals surface area contributed by atoms with Crippen LogP contribution in [0.4, 0.5) is 5.69 Å². The van der Waals surface area contributed by atoms with E-state index in [1.54, 1.807) is 68.6 Å². The van der Waals surface area contributed by atoms with E-state index >= 15 is 0 Å². The van der Waals surface area contributed by atoms with Crippen LogP contribution in [0.3, 0.4) is 0 Å². The highest BCUT2D eigenvalue weighted by Gasteiger charge is 2.19. The third-order valence-electron chi connectivity index (χ3n) is 4.73. The van der Waals surface area contributed by atoms with E-state index in [0.29, 0.717) is 17.0 Å². The van der Waals surface area contributed by atoms with Crippen molar-refractivity contribution in [2.45, 2.75) is 18.7 Å². The summed E-state index contributed by atoms with van der Waals surface area (Å²) >= 11 is 0. The zero-order valence-corrected chi connectivity index (χ0v) is 19.0. The van der Waals surface area contributed by atoms with Crippen LogP contribution in [-0.2, 0) is 10.0 Å². The molecule has 32 heavy (non-hydrogen) atoms. The van der Waals surface area contributed by atoms with Gasteiger partial charge in [-0.3, -0.25) is 9.52 Å². The van der Waals surface area contributed by atoms with Crippen molar-refractivity contribution in [2.24, 2.45) is 0 Å². The fraction of sp³-hybridized carbons (Fsp3) is 0.208. The maximum atomic E-state index is 12.9. The van der Waals surface area contributed by atoms with Crippen LogP contribution in [0.15, 0.2) is 71.6 Å². The van der Waals surface area contributed by atoms with Gasteiger partial charge in [-0.2, -0.15) is 0 Å². The molecule has 0 saturated carbocycles. The Kier molecular flexibility index (Phi) is 7.37. The predicted octanol–water partition coefficient (Wildman–Crippen LogP) is 3.92. The van der Waals surface area contributed by atoms with Gasteiger partial charge in [0.1, 0.15) is 18.1 Å². The van der Waals surface area contributed by atoms with Gasteiger partial charge in [0.25, 0.3) is 15.9 Å². The molecule has 8 heteroatoms. The summed E-state index contributed by atoms with van der Waals surface area (Å²) in [5.74, 6) is 1.01. The molecule has 1 amide bonds. The molecule has 168 valence electrons. The van der Waals surface area contributed by atoms with E-state index in [-0.39, 0.29) is 29.5 Å². The number of rotatable bonds is 9. The van der Waals surface area contributed by atoms with Crippen LogP contribution in [0, 0.1) is 13.8 Å². The van der Waals surface area contributed by atoms with E-state index in [0.717, 1.165) is 11.3 Å². The molecular weight excluding hydrogens is 428 g/mol. The van der Waals surface area contributed by atoms with Crippen LogP contribution in [0.25, 0.3) is 0 Å². The van der Waals surface area contributed by atoms with Gasteiger partial charge in [0, 0.05) is 11.3 Å². The molecule has 3 aromatic rings. The molecule has 3 aromatic carbocycles. The fourth-order valence-electron chi connectivity index (χ4n) is 3.06. The Balaban J connectivity index is 1.62. The van der Waals surface area contributed by atoms with Gasteiger partial charge in [-0.05, 0) is 73.5 Å². The number of sulfonamides is 1. The summed E-state index contributed by atoms with van der Waals surface area (Å²) in [4.78, 5) is 12.6. The van der Waals surface area contributed by atoms with Crippen LogP contribution >= 0.6 is 0 Å². The number of ether oxygens (including phenoxy) is 2. The first-order valence-electron chi connectivity index (χ1n) is 10.0. The molecule has 0 spiro atoms. The van der Waals surface area contributed by atoms with Crippen LogP contribution in [0.1, 0.15) is 21.5 Å². The highest BCUT2D eigenvalue weighted by atomic mass is 32.2. The summed E-state index contributed by atoms with van der Waals surface area (Å²) in [7, 11) is -2.26. The topological polar surface area (TPSA) is 93.7 Å². The van der Waals surface area contributed by atoms with Crippen molar-refractivity contribution in [3.05, 3.63) is 83.4 Å². The third kappa shape index (κ3) is 6.01. The highest BCUT2D eigenvalue weighted by molar-refractivity contribution is 7.92. The second-order valence-corrected chi connectivity index (χ2v) is 8.89. The average Bonchev–Trinajstić information content (AvgIpc) is 2.77. The first-order chi connectivity index (χ1) is 15.3. The van der Waals surface area contributed by atoms with Crippen molar-refractivity contribution in [2.75, 3.05) is 25.0 Å². The lowest BCUT2D eigenvalue weighted by Gasteiger charge is -2.13. The van der Waals surface area contributed by atoms with Crippen LogP contribution in [-0.4, -0.2) is 34.6 Å². The van der Waals surface area contributed by atoms with Gasteiger partial charge in [-0.15, -0.1) is 0 Å². The minimum atomic E-state index is -3.85. The monoisotopic (exact) mass is 454 g/mol. The second-order valence-electron chi connectivity index (χ2n) is 7.24. The molecule has 0 aromatic heterocycles. The third-order valence-corrected chi connectivity index (χ3v) is 6.25. The Morgan fingerprint density at radius 1 is 0.938 bits per heavy atom. The quantitative estimate of drug-likeness (QED) is 0.478. The van der Waals surface area contributed by atoms with E-state index in [4.69, 9.17) is 9.47 Å². The highest BCUT2D eigenvalue weighted by Crippen LogP contribution is 2.21. The Morgan fingerprint density at radius 2 is 1.66 bits per heavy atom. The summed E-state index contributed by atoms with van der Waals surface area (Å²) < 4.78 is 39.1. The van der Waals surface area contributed by atoms with E-state index in [1.165, 1.54) is 6.07 Å². The van der Waals surface area contributed by atoms with Crippen molar-refractivity contribution in [1.82, 2.24) is 5.32 Å². The van der Waals surface area contributed by atoms with Crippen molar-refractivity contribution in [1.29, 1.82) is 0 Å². The van der Waals surface area contributed by atoms with Crippen molar-refractivity contribution < 1.29 is 22.7 Å². The summed E-state index contributed by atoms with van der Waals surface area (Å²) in [5, 5.41) is 2.74. The molecule has 0 aliphatic rings. The van der Waals surface area contributed by atoms with E-state index in [2.05, 4.69) is 10.0 Å². The molecule has 2 N–H and O–H groups in total. The van der Waals surface area contributed by atoms with Gasteiger partial charge in [0.05, 0.1) is 18.6 Å². The van der Waals surface area contributed by atoms with E-state index in [9.17, 15) is 13.2 Å². The molecule has 0 atom stereocenters. The Labute approximate surface area is 188 Å². The molecule has 0 saturated heterocycles. The summed E-state index contributed by atoms with van der Waals surface area (Å²) in [6, 6.07) is 18.8. The maximum absolute atomic E-state index is 12.9. The first-order valence-corrected chi connectivity index (χ1v) is 11.5. The largest absolute Gasteiger partial charge is 0.497 e. The number of carbonyl (C=O) groups excluding carboxylic acids is 1. The lowest BCUT2D eigenvalue weighted by Crippen LogP contribution is -2.28. The molecule has 0 heterocycles. The van der Waals surface area contributed by atoms with E-state index in [1.807, 2.05) is 13.0 Å². The van der Waals surface area contributed by atoms with Gasteiger partial charge in [-0.1, -0.05) is 18.2 Å². The van der Waals surface area contributed by atoms with Gasteiger partial charge in [-0.25, -0.2) is 8.42 Å². The van der Waals surface area contributed by atoms with Crippen molar-refractivity contribution in [3.8, 4) is 11.5 Å². The first kappa shape index (κ1) is 23.1. The molecule has 0 bridgehead atoms. The van der Waals surface area contributed by atoms with Crippen molar-refractivity contribution in [3.63, 3.8) is 0 Å². The number of nitrogens with one attached hydrogen (secondary N) is 2. The number of aryl methyl sites for hydroxylation is 2. The number of carbonyl (C=O) groups is 1. The number of benzene rings is 3. The molecule has 7 nitrogen and oxygen atoms in total. The number of hydrogen-bond donors (Lipinski definition) is 2. The molecule has 0 fully saturated rings. The van der Waals surface area contributed by atoms with Gasteiger partial charge in [0.15, 0.2) is 0 Å². The lowest BCUT2D eigenvalue weighted by molar-refractivity contribution is 0.0947. The zero-order valence-electron chi connectivity index (χ0n) is 18.2. The Hall–Kier alpha value is -3.52. The average molecular weight is 455 g/mol.